The Labute approximate surface area is 194 Å². The van der Waals surface area contributed by atoms with Gasteiger partial charge in [0.15, 0.2) is 0 Å². The van der Waals surface area contributed by atoms with Crippen molar-refractivity contribution in [1.82, 2.24) is 4.48 Å². The zero-order chi connectivity index (χ0) is 22.7. The van der Waals surface area contributed by atoms with Gasteiger partial charge in [-0.2, -0.15) is 0 Å². The molecule has 0 unspecified atom stereocenters. The van der Waals surface area contributed by atoms with E-state index in [0.717, 1.165) is 45.3 Å². The van der Waals surface area contributed by atoms with Crippen molar-refractivity contribution in [3.63, 3.8) is 0 Å². The molecule has 0 atom stereocenters. The first-order valence-electron chi connectivity index (χ1n) is 10.3. The smallest absolute Gasteiger partial charge is 0.234 e. The van der Waals surface area contributed by atoms with Gasteiger partial charge >= 0.3 is 0 Å². The molecular weight excluding hydrogens is 421 g/mol. The fraction of sp³-hybridized carbons (Fsp3) is 0.160. The van der Waals surface area contributed by atoms with E-state index in [-0.39, 0.29) is 0 Å². The summed E-state index contributed by atoms with van der Waals surface area (Å²) in [6, 6.07) is 13.3. The second-order valence-electron chi connectivity index (χ2n) is 7.42. The van der Waals surface area contributed by atoms with E-state index in [1.54, 1.807) is 11.6 Å². The van der Waals surface area contributed by atoms with Crippen LogP contribution in [0.4, 0.5) is 0 Å². The summed E-state index contributed by atoms with van der Waals surface area (Å²) in [6.45, 7) is 2.56. The second-order valence-corrected chi connectivity index (χ2v) is 7.82. The first kappa shape index (κ1) is 22.0. The Morgan fingerprint density at radius 2 is 2.09 bits per heavy atom. The summed E-state index contributed by atoms with van der Waals surface area (Å²) < 4.78 is 12.8. The number of rotatable bonds is 7. The lowest BCUT2D eigenvalue weighted by Gasteiger charge is -2.11. The topological polar surface area (TPSA) is 65.7 Å². The van der Waals surface area contributed by atoms with E-state index in [4.69, 9.17) is 39.5 Å². The van der Waals surface area contributed by atoms with Crippen molar-refractivity contribution in [1.29, 1.82) is 0 Å². The van der Waals surface area contributed by atoms with Crippen LogP contribution in [0.5, 0.6) is 5.75 Å². The van der Waals surface area contributed by atoms with Crippen molar-refractivity contribution in [2.75, 3.05) is 13.7 Å². The normalized spacial score (nSPS) is 15.2. The van der Waals surface area contributed by atoms with Gasteiger partial charge in [-0.15, -0.1) is 0 Å². The largest absolute Gasteiger partial charge is 0.495 e. The number of allylic oxidation sites excluding steroid dienone is 3. The van der Waals surface area contributed by atoms with Crippen molar-refractivity contribution in [3.8, 4) is 17.1 Å². The number of benzene rings is 1. The van der Waals surface area contributed by atoms with E-state index in [1.165, 1.54) is 0 Å². The predicted octanol–water partition coefficient (Wildman–Crippen LogP) is 5.52. The van der Waals surface area contributed by atoms with Gasteiger partial charge in [-0.3, -0.25) is 0 Å². The third-order valence-corrected chi connectivity index (χ3v) is 5.52. The number of methoxy groups -OCH3 is 1. The summed E-state index contributed by atoms with van der Waals surface area (Å²) in [5.74, 6) is 2.07. The molecule has 0 bridgehead atoms. The molecule has 7 heteroatoms. The lowest BCUT2D eigenvalue weighted by atomic mass is 10.0. The maximum atomic E-state index is 6.23. The van der Waals surface area contributed by atoms with Gasteiger partial charge in [0.25, 0.3) is 0 Å². The maximum Gasteiger partial charge on any atom is 0.234 e. The molecular formula is C25H23BClN3O2. The van der Waals surface area contributed by atoms with Gasteiger partial charge in [0.2, 0.25) is 7.98 Å². The molecule has 0 spiro atoms. The molecule has 2 radical (unpaired) electrons. The summed E-state index contributed by atoms with van der Waals surface area (Å²) in [5, 5.41) is 0.538. The van der Waals surface area contributed by atoms with Crippen LogP contribution in [0.1, 0.15) is 24.8 Å². The van der Waals surface area contributed by atoms with Gasteiger partial charge in [0.1, 0.15) is 17.3 Å². The number of aromatic nitrogens is 1. The quantitative estimate of drug-likeness (QED) is 0.489. The second kappa shape index (κ2) is 9.51. The van der Waals surface area contributed by atoms with Gasteiger partial charge in [-0.05, 0) is 92.4 Å². The lowest BCUT2D eigenvalue weighted by molar-refractivity contribution is 0.415. The highest BCUT2D eigenvalue weighted by Crippen LogP contribution is 2.32. The summed E-state index contributed by atoms with van der Waals surface area (Å²) in [7, 11) is 7.65. The molecule has 160 valence electrons. The fourth-order valence-corrected chi connectivity index (χ4v) is 3.93. The summed E-state index contributed by atoms with van der Waals surface area (Å²) in [5.41, 5.74) is 11.5. The third kappa shape index (κ3) is 4.52. The van der Waals surface area contributed by atoms with E-state index in [0.29, 0.717) is 23.7 Å². The number of aliphatic imine (C=N–C) groups is 1. The number of nitrogens with two attached hydrogens (primary N) is 1. The monoisotopic (exact) mass is 443 g/mol. The van der Waals surface area contributed by atoms with E-state index in [9.17, 15) is 0 Å². The van der Waals surface area contributed by atoms with Crippen LogP contribution in [0, 0.1) is 0 Å². The number of furan rings is 1. The minimum Gasteiger partial charge on any atom is -0.495 e. The number of hydrogen-bond acceptors (Lipinski definition) is 4. The third-order valence-electron chi connectivity index (χ3n) is 5.23. The Balaban J connectivity index is 1.58. The van der Waals surface area contributed by atoms with Crippen molar-refractivity contribution in [2.45, 2.75) is 13.3 Å². The zero-order valence-electron chi connectivity index (χ0n) is 18.0. The zero-order valence-corrected chi connectivity index (χ0v) is 18.8. The number of hydrogen-bond donors (Lipinski definition) is 1. The molecule has 0 aliphatic carbocycles. The molecule has 1 aliphatic heterocycles. The number of halogens is 1. The SMILES string of the molecule is [B]n1cccc1/C(CCN)=C1N=C(/C=C/c2ccc(-c3ccc(OC)c(Cl)c3)o2)C=C\1C. The van der Waals surface area contributed by atoms with Crippen LogP contribution in [0.15, 0.2) is 81.5 Å². The predicted molar refractivity (Wildman–Crippen MR) is 132 cm³/mol. The minimum atomic E-state index is 0.516. The van der Waals surface area contributed by atoms with Gasteiger partial charge in [-0.1, -0.05) is 11.6 Å². The molecule has 0 saturated carbocycles. The van der Waals surface area contributed by atoms with Gasteiger partial charge in [0.05, 0.1) is 23.5 Å². The molecule has 1 aromatic carbocycles. The number of ether oxygens (including phenoxy) is 1. The van der Waals surface area contributed by atoms with Gasteiger partial charge in [0, 0.05) is 16.8 Å². The minimum absolute atomic E-state index is 0.516. The van der Waals surface area contributed by atoms with E-state index >= 15 is 0 Å². The van der Waals surface area contributed by atoms with E-state index in [2.05, 4.69) is 0 Å². The van der Waals surface area contributed by atoms with Crippen LogP contribution in [-0.2, 0) is 0 Å². The summed E-state index contributed by atoms with van der Waals surface area (Å²) >= 11 is 6.23. The standard InChI is InChI=1S/C25H23BClN3O2/c1-16-14-18(29-25(16)20(11-12-28)22-4-3-13-30(22)26)6-7-19-8-10-23(32-19)17-5-9-24(31-2)21(27)15-17/h3-10,13-15H,11-12,28H2,1-2H3/b7-6+,25-20-. The molecule has 3 heterocycles. The van der Waals surface area contributed by atoms with Crippen molar-refractivity contribution < 1.29 is 9.15 Å². The Morgan fingerprint density at radius 1 is 1.25 bits per heavy atom. The Kier molecular flexibility index (Phi) is 6.54. The van der Waals surface area contributed by atoms with Gasteiger partial charge < -0.3 is 19.4 Å². The van der Waals surface area contributed by atoms with Crippen LogP contribution in [0.3, 0.4) is 0 Å². The fourth-order valence-electron chi connectivity index (χ4n) is 3.68. The average molecular weight is 444 g/mol. The molecule has 4 rings (SSSR count). The molecule has 0 amide bonds. The lowest BCUT2D eigenvalue weighted by Crippen LogP contribution is -2.05. The molecule has 32 heavy (non-hydrogen) atoms. The van der Waals surface area contributed by atoms with E-state index < -0.39 is 0 Å². The molecule has 0 saturated heterocycles. The first-order valence-corrected chi connectivity index (χ1v) is 10.6. The van der Waals surface area contributed by atoms with Crippen molar-refractivity contribution >= 4 is 36.9 Å². The molecule has 0 fully saturated rings. The first-order chi connectivity index (χ1) is 15.5. The van der Waals surface area contributed by atoms with Crippen LogP contribution in [-0.4, -0.2) is 31.8 Å². The van der Waals surface area contributed by atoms with Crippen LogP contribution in [0.2, 0.25) is 5.02 Å². The van der Waals surface area contributed by atoms with Crippen LogP contribution < -0.4 is 10.5 Å². The summed E-state index contributed by atoms with van der Waals surface area (Å²) in [6.07, 6.45) is 8.37. The Bertz CT molecular complexity index is 1260. The average Bonchev–Trinajstić information content (AvgIpc) is 3.51. The number of nitrogens with zero attached hydrogens (tertiary/aromatic N) is 2. The molecule has 3 aromatic rings. The Morgan fingerprint density at radius 3 is 2.78 bits per heavy atom. The molecule has 5 nitrogen and oxygen atoms in total. The molecule has 2 aromatic heterocycles. The highest BCUT2D eigenvalue weighted by atomic mass is 35.5. The van der Waals surface area contributed by atoms with E-state index in [1.807, 2.05) is 73.8 Å². The maximum absolute atomic E-state index is 6.23. The van der Waals surface area contributed by atoms with Crippen LogP contribution >= 0.6 is 11.6 Å². The van der Waals surface area contributed by atoms with Crippen molar-refractivity contribution in [2.24, 2.45) is 10.7 Å². The molecule has 2 N–H and O–H groups in total. The van der Waals surface area contributed by atoms with Gasteiger partial charge in [-0.25, -0.2) is 4.99 Å². The van der Waals surface area contributed by atoms with Crippen molar-refractivity contribution in [3.05, 3.63) is 88.6 Å². The van der Waals surface area contributed by atoms with Crippen LogP contribution in [0.25, 0.3) is 23.0 Å². The Hall–Kier alpha value is -3.22. The highest BCUT2D eigenvalue weighted by Gasteiger charge is 2.17. The summed E-state index contributed by atoms with van der Waals surface area (Å²) in [4.78, 5) is 4.82. The molecule has 1 aliphatic rings. The highest BCUT2D eigenvalue weighted by molar-refractivity contribution is 6.32.